The molecule has 0 heterocycles. The van der Waals surface area contributed by atoms with Gasteiger partial charge in [-0.05, 0) is 29.4 Å². The molecule has 1 aromatic carbocycles. The lowest BCUT2D eigenvalue weighted by atomic mass is 9.85. The van der Waals surface area contributed by atoms with Crippen LogP contribution in [0.15, 0.2) is 24.3 Å². The predicted molar refractivity (Wildman–Crippen MR) is 70.0 cm³/mol. The molecule has 0 saturated heterocycles. The van der Waals surface area contributed by atoms with Gasteiger partial charge in [0.25, 0.3) is 0 Å². The first-order valence-electron chi connectivity index (χ1n) is 6.01. The van der Waals surface area contributed by atoms with E-state index in [9.17, 15) is 0 Å². The van der Waals surface area contributed by atoms with E-state index in [0.717, 1.165) is 12.8 Å². The minimum absolute atomic E-state index is 0.242. The molecule has 0 aliphatic rings. The van der Waals surface area contributed by atoms with Crippen LogP contribution in [-0.4, -0.2) is 0 Å². The zero-order valence-corrected chi connectivity index (χ0v) is 10.9. The lowest BCUT2D eigenvalue weighted by Gasteiger charge is -2.26. The Bertz CT molecular complexity index is 326. The summed E-state index contributed by atoms with van der Waals surface area (Å²) in [4.78, 5) is 0. The van der Waals surface area contributed by atoms with Crippen molar-refractivity contribution in [3.8, 4) is 0 Å². The summed E-state index contributed by atoms with van der Waals surface area (Å²) in [5.41, 5.74) is 5.86. The first-order valence-corrected chi connectivity index (χ1v) is 6.01. The molecule has 2 nitrogen and oxygen atoms in total. The standard InChI is InChI=1S/C14H24N2/c1-5-11-7-6-8-12(9-11)13(16-15)10-14(2,3)4/h6-9,13,16H,5,10,15H2,1-4H3. The summed E-state index contributed by atoms with van der Waals surface area (Å²) in [6.45, 7) is 8.89. The van der Waals surface area contributed by atoms with E-state index in [2.05, 4.69) is 57.4 Å². The van der Waals surface area contributed by atoms with Crippen LogP contribution in [0.3, 0.4) is 0 Å². The molecule has 0 saturated carbocycles. The van der Waals surface area contributed by atoms with Crippen LogP contribution in [0.2, 0.25) is 0 Å². The summed E-state index contributed by atoms with van der Waals surface area (Å²) in [7, 11) is 0. The molecule has 1 rings (SSSR count). The number of nitrogens with two attached hydrogens (primary N) is 1. The highest BCUT2D eigenvalue weighted by Gasteiger charge is 2.19. The average molecular weight is 220 g/mol. The van der Waals surface area contributed by atoms with Gasteiger partial charge in [0.15, 0.2) is 0 Å². The van der Waals surface area contributed by atoms with Gasteiger partial charge < -0.3 is 0 Å². The van der Waals surface area contributed by atoms with E-state index in [1.165, 1.54) is 11.1 Å². The molecule has 1 unspecified atom stereocenters. The average Bonchev–Trinajstić information content (AvgIpc) is 2.25. The molecule has 0 amide bonds. The van der Waals surface area contributed by atoms with Crippen molar-refractivity contribution in [3.05, 3.63) is 35.4 Å². The maximum atomic E-state index is 5.65. The van der Waals surface area contributed by atoms with Crippen LogP contribution in [0.4, 0.5) is 0 Å². The van der Waals surface area contributed by atoms with Crippen molar-refractivity contribution in [1.82, 2.24) is 5.43 Å². The molecule has 0 spiro atoms. The van der Waals surface area contributed by atoms with Gasteiger partial charge in [-0.1, -0.05) is 52.0 Å². The van der Waals surface area contributed by atoms with Crippen molar-refractivity contribution in [3.63, 3.8) is 0 Å². The molecule has 0 aliphatic carbocycles. The number of hydrogen-bond acceptors (Lipinski definition) is 2. The van der Waals surface area contributed by atoms with Gasteiger partial charge in [-0.2, -0.15) is 0 Å². The van der Waals surface area contributed by atoms with Crippen LogP contribution in [0.5, 0.6) is 0 Å². The van der Waals surface area contributed by atoms with Gasteiger partial charge in [0.2, 0.25) is 0 Å². The van der Waals surface area contributed by atoms with Gasteiger partial charge in [-0.15, -0.1) is 0 Å². The molecule has 0 bridgehead atoms. The molecule has 0 radical (unpaired) electrons. The minimum atomic E-state index is 0.242. The summed E-state index contributed by atoms with van der Waals surface area (Å²) in [5, 5.41) is 0. The summed E-state index contributed by atoms with van der Waals surface area (Å²) >= 11 is 0. The van der Waals surface area contributed by atoms with Gasteiger partial charge in [-0.3, -0.25) is 11.3 Å². The summed E-state index contributed by atoms with van der Waals surface area (Å²) in [6, 6.07) is 8.91. The van der Waals surface area contributed by atoms with Crippen LogP contribution in [0, 0.1) is 5.41 Å². The number of hydrogen-bond donors (Lipinski definition) is 2. The predicted octanol–water partition coefficient (Wildman–Crippen LogP) is 3.19. The van der Waals surface area contributed by atoms with Crippen molar-refractivity contribution < 1.29 is 0 Å². The Morgan fingerprint density at radius 3 is 2.50 bits per heavy atom. The molecule has 0 fully saturated rings. The maximum Gasteiger partial charge on any atom is 0.0465 e. The highest BCUT2D eigenvalue weighted by Crippen LogP contribution is 2.29. The van der Waals surface area contributed by atoms with Crippen molar-refractivity contribution in [2.24, 2.45) is 11.3 Å². The quantitative estimate of drug-likeness (QED) is 0.604. The number of rotatable bonds is 4. The molecule has 16 heavy (non-hydrogen) atoms. The molecule has 3 N–H and O–H groups in total. The van der Waals surface area contributed by atoms with E-state index in [1.807, 2.05) is 0 Å². The largest absolute Gasteiger partial charge is 0.271 e. The molecular weight excluding hydrogens is 196 g/mol. The van der Waals surface area contributed by atoms with Crippen LogP contribution in [-0.2, 0) is 6.42 Å². The van der Waals surface area contributed by atoms with E-state index < -0.39 is 0 Å². The zero-order valence-electron chi connectivity index (χ0n) is 10.9. The SMILES string of the molecule is CCc1cccc(C(CC(C)(C)C)NN)c1. The maximum absolute atomic E-state index is 5.65. The van der Waals surface area contributed by atoms with Gasteiger partial charge >= 0.3 is 0 Å². The third kappa shape index (κ3) is 3.95. The second-order valence-electron chi connectivity index (χ2n) is 5.58. The monoisotopic (exact) mass is 220 g/mol. The van der Waals surface area contributed by atoms with Gasteiger partial charge in [0.1, 0.15) is 0 Å². The van der Waals surface area contributed by atoms with Crippen LogP contribution >= 0.6 is 0 Å². The smallest absolute Gasteiger partial charge is 0.0465 e. The number of nitrogens with one attached hydrogen (secondary N) is 1. The van der Waals surface area contributed by atoms with E-state index in [-0.39, 0.29) is 11.5 Å². The second kappa shape index (κ2) is 5.46. The van der Waals surface area contributed by atoms with Gasteiger partial charge in [-0.25, -0.2) is 0 Å². The fraction of sp³-hybridized carbons (Fsp3) is 0.571. The van der Waals surface area contributed by atoms with Crippen LogP contribution < -0.4 is 11.3 Å². The topological polar surface area (TPSA) is 38.0 Å². The Morgan fingerprint density at radius 2 is 2.00 bits per heavy atom. The molecule has 0 aliphatic heterocycles. The third-order valence-electron chi connectivity index (χ3n) is 2.78. The van der Waals surface area contributed by atoms with Crippen LogP contribution in [0.1, 0.15) is 51.3 Å². The lowest BCUT2D eigenvalue weighted by Crippen LogP contribution is -2.31. The van der Waals surface area contributed by atoms with Gasteiger partial charge in [0.05, 0.1) is 0 Å². The fourth-order valence-corrected chi connectivity index (χ4v) is 1.92. The Balaban J connectivity index is 2.86. The summed E-state index contributed by atoms with van der Waals surface area (Å²) < 4.78 is 0. The van der Waals surface area contributed by atoms with E-state index >= 15 is 0 Å². The summed E-state index contributed by atoms with van der Waals surface area (Å²) in [5.74, 6) is 5.65. The Labute approximate surface area is 99.2 Å². The van der Waals surface area contributed by atoms with Crippen LogP contribution in [0.25, 0.3) is 0 Å². The Kier molecular flexibility index (Phi) is 4.51. The van der Waals surface area contributed by atoms with Gasteiger partial charge in [0, 0.05) is 6.04 Å². The minimum Gasteiger partial charge on any atom is -0.271 e. The molecular formula is C14H24N2. The molecule has 1 atom stereocenters. The Morgan fingerprint density at radius 1 is 1.31 bits per heavy atom. The number of benzene rings is 1. The van der Waals surface area contributed by atoms with E-state index in [1.54, 1.807) is 0 Å². The first kappa shape index (κ1) is 13.2. The first-order chi connectivity index (χ1) is 7.46. The van der Waals surface area contributed by atoms with Crippen molar-refractivity contribution in [2.45, 2.75) is 46.6 Å². The van der Waals surface area contributed by atoms with E-state index in [0.29, 0.717) is 0 Å². The normalized spacial score (nSPS) is 13.8. The molecule has 2 heteroatoms. The number of aryl methyl sites for hydroxylation is 1. The number of hydrazine groups is 1. The van der Waals surface area contributed by atoms with Crippen molar-refractivity contribution >= 4 is 0 Å². The van der Waals surface area contributed by atoms with E-state index in [4.69, 9.17) is 5.84 Å². The lowest BCUT2D eigenvalue weighted by molar-refractivity contribution is 0.313. The molecule has 0 aromatic heterocycles. The second-order valence-corrected chi connectivity index (χ2v) is 5.58. The van der Waals surface area contributed by atoms with Crippen molar-refractivity contribution in [2.75, 3.05) is 0 Å². The summed E-state index contributed by atoms with van der Waals surface area (Å²) in [6.07, 6.45) is 2.11. The third-order valence-corrected chi connectivity index (χ3v) is 2.78. The highest BCUT2D eigenvalue weighted by atomic mass is 15.2. The fourth-order valence-electron chi connectivity index (χ4n) is 1.92. The highest BCUT2D eigenvalue weighted by molar-refractivity contribution is 5.26. The van der Waals surface area contributed by atoms with Crippen molar-refractivity contribution in [1.29, 1.82) is 0 Å². The molecule has 1 aromatic rings. The zero-order chi connectivity index (χ0) is 12.2. The molecule has 90 valence electrons. The Hall–Kier alpha value is -0.860.